The zero-order chi connectivity index (χ0) is 18.2. The van der Waals surface area contributed by atoms with Crippen LogP contribution in [0.4, 0.5) is 0 Å². The minimum absolute atomic E-state index is 0.0231. The average molecular weight is 341 g/mol. The van der Waals surface area contributed by atoms with Crippen molar-refractivity contribution in [2.75, 3.05) is 7.05 Å². The van der Waals surface area contributed by atoms with Crippen molar-refractivity contribution in [2.24, 2.45) is 17.8 Å². The number of rotatable bonds is 4. The maximum absolute atomic E-state index is 13.2. The van der Waals surface area contributed by atoms with Crippen molar-refractivity contribution >= 4 is 17.5 Å². The molecule has 3 rings (SSSR count). The van der Waals surface area contributed by atoms with E-state index in [0.717, 1.165) is 25.7 Å². The topological polar surface area (TPSA) is 54.5 Å². The van der Waals surface area contributed by atoms with Crippen molar-refractivity contribution in [3.8, 4) is 0 Å². The molecule has 134 valence electrons. The summed E-state index contributed by atoms with van der Waals surface area (Å²) in [7, 11) is 1.73. The third-order valence-corrected chi connectivity index (χ3v) is 6.44. The molecule has 0 bridgehead atoms. The summed E-state index contributed by atoms with van der Waals surface area (Å²) < 4.78 is 0. The summed E-state index contributed by atoms with van der Waals surface area (Å²) >= 11 is 0. The van der Waals surface area contributed by atoms with Crippen molar-refractivity contribution < 1.29 is 14.4 Å². The predicted molar refractivity (Wildman–Crippen MR) is 96.2 cm³/mol. The zero-order valence-electron chi connectivity index (χ0n) is 15.3. The molecule has 1 saturated heterocycles. The molecule has 1 aliphatic heterocycles. The Balaban J connectivity index is 1.79. The first-order chi connectivity index (χ1) is 11.9. The van der Waals surface area contributed by atoms with Crippen LogP contribution in [0, 0.1) is 17.8 Å². The van der Waals surface area contributed by atoms with Gasteiger partial charge in [-0.2, -0.15) is 0 Å². The van der Waals surface area contributed by atoms with E-state index in [1.807, 2.05) is 13.0 Å². The molecule has 1 aliphatic carbocycles. The number of hydrogen-bond donors (Lipinski definition) is 0. The minimum atomic E-state index is -0.831. The Morgan fingerprint density at radius 2 is 1.72 bits per heavy atom. The monoisotopic (exact) mass is 341 g/mol. The van der Waals surface area contributed by atoms with Gasteiger partial charge in [-0.05, 0) is 31.6 Å². The lowest BCUT2D eigenvalue weighted by molar-refractivity contribution is -0.134. The van der Waals surface area contributed by atoms with Crippen LogP contribution in [0.5, 0.6) is 0 Å². The molecule has 2 unspecified atom stereocenters. The van der Waals surface area contributed by atoms with E-state index in [4.69, 9.17) is 0 Å². The maximum Gasteiger partial charge on any atom is 0.234 e. The summed E-state index contributed by atoms with van der Waals surface area (Å²) in [6.07, 6.45) is 4.12. The molecule has 1 amide bonds. The normalized spacial score (nSPS) is 32.9. The van der Waals surface area contributed by atoms with Gasteiger partial charge in [0.25, 0.3) is 0 Å². The summed E-state index contributed by atoms with van der Waals surface area (Å²) in [6, 6.07) is 8.91. The number of Topliss-reactive ketones (excluding diaryl/α,β-unsaturated/α-hetero) is 2. The highest BCUT2D eigenvalue weighted by Crippen LogP contribution is 2.44. The fourth-order valence-electron chi connectivity index (χ4n) is 4.50. The standard InChI is InChI=1S/C21H27NO3/c1-14-9-11-16(12-10-14)21(2)19(24)17(20(25)22(21)3)13-18(23)15-7-5-4-6-8-15/h4-8,14,16-17H,9-13H2,1-3H3. The van der Waals surface area contributed by atoms with Crippen molar-refractivity contribution in [1.29, 1.82) is 0 Å². The van der Waals surface area contributed by atoms with E-state index in [1.165, 1.54) is 0 Å². The zero-order valence-corrected chi connectivity index (χ0v) is 15.3. The number of nitrogens with zero attached hydrogens (tertiary/aromatic N) is 1. The van der Waals surface area contributed by atoms with E-state index < -0.39 is 11.5 Å². The van der Waals surface area contributed by atoms with E-state index >= 15 is 0 Å². The van der Waals surface area contributed by atoms with Crippen LogP contribution >= 0.6 is 0 Å². The van der Waals surface area contributed by atoms with Gasteiger partial charge in [-0.25, -0.2) is 0 Å². The number of benzene rings is 1. The second kappa shape index (κ2) is 6.74. The summed E-state index contributed by atoms with van der Waals surface area (Å²) in [4.78, 5) is 40.1. The lowest BCUT2D eigenvalue weighted by Crippen LogP contribution is -2.52. The molecule has 0 spiro atoms. The maximum atomic E-state index is 13.2. The van der Waals surface area contributed by atoms with Crippen LogP contribution < -0.4 is 0 Å². The molecular formula is C21H27NO3. The number of hydrogen-bond acceptors (Lipinski definition) is 3. The second-order valence-corrected chi connectivity index (χ2v) is 7.91. The highest BCUT2D eigenvalue weighted by Gasteiger charge is 2.57. The molecule has 1 saturated carbocycles. The SMILES string of the molecule is CC1CCC(C2(C)C(=O)C(CC(=O)c3ccccc3)C(=O)N2C)CC1. The second-order valence-electron chi connectivity index (χ2n) is 7.91. The predicted octanol–water partition coefficient (Wildman–Crippen LogP) is 3.50. The number of carbonyl (C=O) groups excluding carboxylic acids is 3. The molecule has 4 nitrogen and oxygen atoms in total. The van der Waals surface area contributed by atoms with Crippen LogP contribution in [0.3, 0.4) is 0 Å². The first-order valence-electron chi connectivity index (χ1n) is 9.26. The number of carbonyl (C=O) groups is 3. The largest absolute Gasteiger partial charge is 0.332 e. The van der Waals surface area contributed by atoms with Gasteiger partial charge in [0.1, 0.15) is 11.5 Å². The third kappa shape index (κ3) is 3.03. The number of amides is 1. The number of ketones is 2. The molecule has 4 heteroatoms. The van der Waals surface area contributed by atoms with E-state index in [-0.39, 0.29) is 29.8 Å². The molecule has 1 heterocycles. The lowest BCUT2D eigenvalue weighted by atomic mass is 9.70. The van der Waals surface area contributed by atoms with E-state index in [0.29, 0.717) is 11.5 Å². The third-order valence-electron chi connectivity index (χ3n) is 6.44. The van der Waals surface area contributed by atoms with Gasteiger partial charge in [-0.1, -0.05) is 50.1 Å². The lowest BCUT2D eigenvalue weighted by Gasteiger charge is -2.41. The van der Waals surface area contributed by atoms with Gasteiger partial charge in [0.15, 0.2) is 11.6 Å². The van der Waals surface area contributed by atoms with Gasteiger partial charge in [-0.15, -0.1) is 0 Å². The first kappa shape index (κ1) is 17.8. The number of likely N-dealkylation sites (N-methyl/N-ethyl adjacent to an activating group) is 1. The number of likely N-dealkylation sites (tertiary alicyclic amines) is 1. The van der Waals surface area contributed by atoms with Crippen molar-refractivity contribution in [3.05, 3.63) is 35.9 Å². The van der Waals surface area contributed by atoms with Crippen LogP contribution in [0.15, 0.2) is 30.3 Å². The fourth-order valence-corrected chi connectivity index (χ4v) is 4.50. The Labute approximate surface area is 149 Å². The highest BCUT2D eigenvalue weighted by atomic mass is 16.2. The summed E-state index contributed by atoms with van der Waals surface area (Å²) in [5.41, 5.74) is -0.204. The smallest absolute Gasteiger partial charge is 0.234 e. The molecular weight excluding hydrogens is 314 g/mol. The highest BCUT2D eigenvalue weighted by molar-refractivity contribution is 6.15. The van der Waals surface area contributed by atoms with Crippen LogP contribution in [0.25, 0.3) is 0 Å². The molecule has 25 heavy (non-hydrogen) atoms. The van der Waals surface area contributed by atoms with Crippen molar-refractivity contribution in [3.63, 3.8) is 0 Å². The van der Waals surface area contributed by atoms with Crippen LogP contribution in [-0.4, -0.2) is 35.0 Å². The van der Waals surface area contributed by atoms with Gasteiger partial charge >= 0.3 is 0 Å². The molecule has 0 N–H and O–H groups in total. The Morgan fingerprint density at radius 1 is 1.12 bits per heavy atom. The average Bonchev–Trinajstić information content (AvgIpc) is 2.79. The van der Waals surface area contributed by atoms with E-state index in [1.54, 1.807) is 36.2 Å². The van der Waals surface area contributed by atoms with Gasteiger partial charge in [0.2, 0.25) is 5.91 Å². The Hall–Kier alpha value is -1.97. The van der Waals surface area contributed by atoms with Crippen molar-refractivity contribution in [1.82, 2.24) is 4.90 Å². The molecule has 2 atom stereocenters. The van der Waals surface area contributed by atoms with Gasteiger partial charge in [-0.3, -0.25) is 14.4 Å². The quantitative estimate of drug-likeness (QED) is 0.622. The Morgan fingerprint density at radius 3 is 2.32 bits per heavy atom. The molecule has 2 fully saturated rings. The summed E-state index contributed by atoms with van der Waals surface area (Å²) in [6.45, 7) is 4.14. The van der Waals surface area contributed by atoms with E-state index in [9.17, 15) is 14.4 Å². The van der Waals surface area contributed by atoms with Gasteiger partial charge < -0.3 is 4.90 Å². The van der Waals surface area contributed by atoms with Crippen LogP contribution in [0.1, 0.15) is 56.3 Å². The molecule has 0 aromatic heterocycles. The van der Waals surface area contributed by atoms with Crippen LogP contribution in [0.2, 0.25) is 0 Å². The molecule has 2 aliphatic rings. The molecule has 0 radical (unpaired) electrons. The Bertz CT molecular complexity index is 676. The summed E-state index contributed by atoms with van der Waals surface area (Å²) in [5.74, 6) is -0.349. The molecule has 1 aromatic carbocycles. The van der Waals surface area contributed by atoms with Gasteiger partial charge in [0.05, 0.1) is 0 Å². The first-order valence-corrected chi connectivity index (χ1v) is 9.26. The molecule has 1 aromatic rings. The minimum Gasteiger partial charge on any atom is -0.332 e. The van der Waals surface area contributed by atoms with Crippen LogP contribution in [-0.2, 0) is 9.59 Å². The van der Waals surface area contributed by atoms with Gasteiger partial charge in [0, 0.05) is 19.0 Å². The fraction of sp³-hybridized carbons (Fsp3) is 0.571. The van der Waals surface area contributed by atoms with Crippen molar-refractivity contribution in [2.45, 2.75) is 51.5 Å². The summed E-state index contributed by atoms with van der Waals surface area (Å²) in [5, 5.41) is 0. The van der Waals surface area contributed by atoms with E-state index in [2.05, 4.69) is 6.92 Å². The Kier molecular flexibility index (Phi) is 4.81.